The van der Waals surface area contributed by atoms with Crippen molar-refractivity contribution >= 4 is 29.5 Å². The van der Waals surface area contributed by atoms with Crippen LogP contribution in [0.2, 0.25) is 0 Å². The Hall–Kier alpha value is -7.62. The summed E-state index contributed by atoms with van der Waals surface area (Å²) in [7, 11) is 12.1. The van der Waals surface area contributed by atoms with Crippen LogP contribution in [0.15, 0.2) is 91.0 Å². The van der Waals surface area contributed by atoms with Gasteiger partial charge in [-0.05, 0) is 273 Å². The lowest BCUT2D eigenvalue weighted by Gasteiger charge is -2.19. The number of benzene rings is 6. The Morgan fingerprint density at radius 3 is 0.990 bits per heavy atom. The minimum atomic E-state index is -1.05. The summed E-state index contributed by atoms with van der Waals surface area (Å²) in [6.07, 6.45) is 1.55. The molecule has 20 N–H and O–H groups in total. The molecule has 2 heterocycles. The number of halogens is 1. The molecule has 2 fully saturated rings. The van der Waals surface area contributed by atoms with E-state index in [1.165, 1.54) is 77.2 Å². The fraction of sp³-hybridized carbons (Fsp3) is 0.500. The van der Waals surface area contributed by atoms with Crippen LogP contribution in [0.3, 0.4) is 0 Å². The summed E-state index contributed by atoms with van der Waals surface area (Å²) in [6, 6.07) is 29.3. The van der Waals surface area contributed by atoms with Gasteiger partial charge in [-0.25, -0.2) is 14.4 Å². The van der Waals surface area contributed by atoms with Gasteiger partial charge in [-0.1, -0.05) is 106 Å². The van der Waals surface area contributed by atoms with E-state index < -0.39 is 24.3 Å². The summed E-state index contributed by atoms with van der Waals surface area (Å²) in [5.74, 6) is 2.18. The summed E-state index contributed by atoms with van der Waals surface area (Å²) >= 11 is 5.27. The van der Waals surface area contributed by atoms with E-state index in [1.54, 1.807) is 13.1 Å². The van der Waals surface area contributed by atoms with Crippen LogP contribution < -0.4 is 69.1 Å². The molecule has 2 aliphatic heterocycles. The first-order valence-electron chi connectivity index (χ1n) is 34.2. The maximum atomic E-state index is 10.7. The highest BCUT2D eigenvalue weighted by atomic mass is 35.5. The second-order valence-electron chi connectivity index (χ2n) is 22.0. The van der Waals surface area contributed by atoms with Crippen LogP contribution in [-0.2, 0) is 43.1 Å². The van der Waals surface area contributed by atoms with Crippen LogP contribution in [-0.4, -0.2) is 158 Å². The number of ether oxygens (including phenoxy) is 7. The average Bonchev–Trinajstić information content (AvgIpc) is 0.893. The number of aliphatic carboxylic acids is 3. The minimum absolute atomic E-state index is 0.101. The van der Waals surface area contributed by atoms with E-state index in [0.717, 1.165) is 87.3 Å². The molecule has 2 saturated heterocycles. The molecule has 0 saturated carbocycles. The van der Waals surface area contributed by atoms with Crippen molar-refractivity contribution in [2.45, 2.75) is 167 Å². The number of epoxide rings is 2. The number of carboxylic acid groups (broad SMARTS) is 3. The molecule has 0 aromatic heterocycles. The van der Waals surface area contributed by atoms with Gasteiger partial charge in [-0.2, -0.15) is 0 Å². The predicted octanol–water partition coefficient (Wildman–Crippen LogP) is 11.5. The molecule has 0 radical (unpaired) electrons. The van der Waals surface area contributed by atoms with Crippen molar-refractivity contribution < 1.29 is 73.1 Å². The van der Waals surface area contributed by atoms with Gasteiger partial charge in [0.15, 0.2) is 19.8 Å². The third kappa shape index (κ3) is 41.5. The quantitative estimate of drug-likeness (QED) is 0.0152. The summed E-state index contributed by atoms with van der Waals surface area (Å²) in [5.41, 5.74) is 48.2. The number of carbonyl (C=O) groups is 3. The van der Waals surface area contributed by atoms with Crippen LogP contribution in [0.4, 0.5) is 0 Å². The van der Waals surface area contributed by atoms with Gasteiger partial charge in [0.05, 0.1) is 18.6 Å². The Labute approximate surface area is 616 Å². The van der Waals surface area contributed by atoms with Crippen molar-refractivity contribution in [3.8, 4) is 34.5 Å². The number of aliphatic hydroxyl groups is 1. The van der Waals surface area contributed by atoms with Crippen molar-refractivity contribution in [2.24, 2.45) is 40.1 Å². The second-order valence-corrected chi connectivity index (χ2v) is 22.3. The van der Waals surface area contributed by atoms with Crippen molar-refractivity contribution in [1.29, 1.82) is 0 Å². The molecule has 0 bridgehead atoms. The van der Waals surface area contributed by atoms with E-state index in [-0.39, 0.29) is 37.9 Å². The van der Waals surface area contributed by atoms with E-state index in [4.69, 9.17) is 60.1 Å². The van der Waals surface area contributed by atoms with Gasteiger partial charge in [0.25, 0.3) is 6.41 Å². The Balaban J connectivity index is -0.000000401. The molecule has 8 rings (SSSR count). The zero-order valence-electron chi connectivity index (χ0n) is 65.7. The number of nitrogens with one attached hydrogen (secondary N) is 1. The lowest BCUT2D eigenvalue weighted by molar-refractivity contribution is -0.140. The number of alkyl halides is 1. The Morgan fingerprint density at radius 1 is 0.471 bits per heavy atom. The van der Waals surface area contributed by atoms with Crippen LogP contribution in [0.1, 0.15) is 170 Å². The Morgan fingerprint density at radius 2 is 0.745 bits per heavy atom. The summed E-state index contributed by atoms with van der Waals surface area (Å²) in [6.45, 7) is 33.2. The van der Waals surface area contributed by atoms with Crippen LogP contribution in [0.25, 0.3) is 0 Å². The summed E-state index contributed by atoms with van der Waals surface area (Å²) in [4.78, 5) is 32.0. The van der Waals surface area contributed by atoms with Gasteiger partial charge in [0.1, 0.15) is 41.1 Å². The number of hydrogen-bond acceptors (Lipinski definition) is 20. The van der Waals surface area contributed by atoms with Gasteiger partial charge >= 0.3 is 17.9 Å². The molecule has 0 spiro atoms. The van der Waals surface area contributed by atoms with Gasteiger partial charge < -0.3 is 98.8 Å². The summed E-state index contributed by atoms with van der Waals surface area (Å²) in [5, 5.41) is 48.6. The maximum Gasteiger partial charge on any atom is 0.341 e. The highest BCUT2D eigenvalue weighted by molar-refractivity contribution is 6.18. The molecule has 6 aromatic carbocycles. The molecule has 23 nitrogen and oxygen atoms in total. The SMILES string of the molecule is CC.CC.CN.CN.CN.CN.CN.CN.CN.CNC(O)Oc1ccc(Cc2c(C)cc(OCC(=O)O)cc2C)cc1C(C)C.Cc1cc(OCC(=O)O)cc(C)c1Cc1ccc(O)c(C(C)C)c1.Cc1cc(OCC(=O)O)cc(C)c1Cc1ccc(OC2CO2)c(C(C)C)c1.ClCC1CO1. The van der Waals surface area contributed by atoms with Crippen molar-refractivity contribution in [3.63, 3.8) is 0 Å². The summed E-state index contributed by atoms with van der Waals surface area (Å²) < 4.78 is 37.2. The van der Waals surface area contributed by atoms with E-state index in [0.29, 0.717) is 53.3 Å². The number of rotatable bonds is 24. The fourth-order valence-electron chi connectivity index (χ4n) is 9.29. The number of phenols is 1. The molecular formula is C78H131ClN8O15. The maximum absolute atomic E-state index is 10.7. The zero-order chi connectivity index (χ0) is 79.9. The van der Waals surface area contributed by atoms with Crippen molar-refractivity contribution in [3.05, 3.63) is 174 Å². The van der Waals surface area contributed by atoms with E-state index >= 15 is 0 Å². The minimum Gasteiger partial charge on any atom is -0.508 e. The number of carboxylic acids is 3. The smallest absolute Gasteiger partial charge is 0.341 e. The van der Waals surface area contributed by atoms with Gasteiger partial charge in [-0.15, -0.1) is 11.6 Å². The molecule has 24 heteroatoms. The van der Waals surface area contributed by atoms with Crippen molar-refractivity contribution in [1.82, 2.24) is 5.32 Å². The third-order valence-corrected chi connectivity index (χ3v) is 14.3. The molecule has 0 amide bonds. The van der Waals surface area contributed by atoms with E-state index in [1.807, 2.05) is 136 Å². The molecular weight excluding hydrogens is 1320 g/mol. The molecule has 580 valence electrons. The van der Waals surface area contributed by atoms with Crippen LogP contribution >= 0.6 is 11.6 Å². The first kappa shape index (κ1) is 103. The van der Waals surface area contributed by atoms with Gasteiger partial charge in [0, 0.05) is 0 Å². The molecule has 0 aliphatic carbocycles. The standard InChI is InChI=1S/C22H29NO5.C22H26O5.C20H24O4.C3H5ClO.2C2H6.7CH5N/c1-13(2)18-10-16(6-7-20(18)28-22(26)23-5)11-19-14(3)8-17(9-15(19)4)27-12-21(24)25;1-13(2)18-9-16(5-6-20(18)27-22-12-26-22)10-19-14(3)7-17(8-15(19)4)25-11-21(23)24;1-12(2)17-9-15(5-6-19(17)21)10-18-13(3)7-16(8-14(18)4)24-11-20(22)23;4-1-3-2-5-3;9*1-2/h6-10,13,22-23,26H,11-12H2,1-5H3,(H,24,25);5-9,13,22H,10-12H2,1-4H3,(H,23,24);5-9,12,21H,10-11H2,1-4H3,(H,22,23);3H,1-2H2;2*1-2H3;7*2H2,1H3. The largest absolute Gasteiger partial charge is 0.508 e. The number of nitrogens with two attached hydrogens (primary N) is 7. The topological polar surface area (TPSA) is 418 Å². The monoisotopic (exact) mass is 1450 g/mol. The fourth-order valence-corrected chi connectivity index (χ4v) is 9.47. The van der Waals surface area contributed by atoms with Crippen LogP contribution in [0, 0.1) is 41.5 Å². The second kappa shape index (κ2) is 60.9. The Kier molecular flexibility index (Phi) is 61.5. The highest BCUT2D eigenvalue weighted by Crippen LogP contribution is 2.35. The van der Waals surface area contributed by atoms with Crippen LogP contribution in [0.5, 0.6) is 34.5 Å². The molecule has 3 atom stereocenters. The molecule has 2 aliphatic rings. The van der Waals surface area contributed by atoms with Gasteiger partial charge in [0.2, 0.25) is 6.29 Å². The molecule has 6 aromatic rings. The number of phenolic OH excluding ortho intramolecular Hbond substituents is 1. The van der Waals surface area contributed by atoms with Crippen molar-refractivity contribution in [2.75, 3.05) is 95.3 Å². The predicted molar refractivity (Wildman–Crippen MR) is 419 cm³/mol. The number of aryl methyl sites for hydroxylation is 6. The zero-order valence-corrected chi connectivity index (χ0v) is 66.5. The van der Waals surface area contributed by atoms with Gasteiger partial charge in [-0.3, -0.25) is 5.32 Å². The first-order chi connectivity index (χ1) is 48.7. The average molecular weight is 1460 g/mol. The number of hydrogen-bond donors (Lipinski definition) is 13. The lowest BCUT2D eigenvalue weighted by Crippen LogP contribution is -2.30. The normalized spacial score (nSPS) is 12.2. The lowest BCUT2D eigenvalue weighted by atomic mass is 9.93. The third-order valence-electron chi connectivity index (χ3n) is 14.0. The highest BCUT2D eigenvalue weighted by Gasteiger charge is 2.26. The van der Waals surface area contributed by atoms with E-state index in [9.17, 15) is 24.6 Å². The number of aromatic hydroxyl groups is 1. The Bertz CT molecular complexity index is 3150. The molecule has 3 unspecified atom stereocenters. The molecule has 102 heavy (non-hydrogen) atoms. The van der Waals surface area contributed by atoms with E-state index in [2.05, 4.69) is 105 Å². The first-order valence-corrected chi connectivity index (χ1v) is 34.7. The number of aliphatic hydroxyl groups excluding tert-OH is 1.